The van der Waals surface area contributed by atoms with Gasteiger partial charge in [-0.15, -0.1) is 0 Å². The minimum Gasteiger partial charge on any atom is -0.467 e. The summed E-state index contributed by atoms with van der Waals surface area (Å²) in [5, 5.41) is 6.19. The Bertz CT molecular complexity index is 965. The van der Waals surface area contributed by atoms with Crippen LogP contribution in [-0.4, -0.2) is 16.7 Å². The molecule has 27 heavy (non-hydrogen) atoms. The van der Waals surface area contributed by atoms with Crippen LogP contribution in [0.1, 0.15) is 34.8 Å². The largest absolute Gasteiger partial charge is 0.467 e. The van der Waals surface area contributed by atoms with E-state index in [2.05, 4.69) is 10.6 Å². The molecule has 2 heterocycles. The van der Waals surface area contributed by atoms with Gasteiger partial charge in [0.25, 0.3) is 5.91 Å². The minimum atomic E-state index is -0.344. The maximum absolute atomic E-state index is 13.1. The lowest BCUT2D eigenvalue weighted by atomic mass is 10.0. The number of amides is 2. The molecule has 0 bridgehead atoms. The molecule has 0 radical (unpaired) electrons. The zero-order valence-electron chi connectivity index (χ0n) is 14.8. The van der Waals surface area contributed by atoms with Crippen molar-refractivity contribution in [2.75, 3.05) is 10.6 Å². The van der Waals surface area contributed by atoms with Gasteiger partial charge in [0.2, 0.25) is 5.91 Å². The lowest BCUT2D eigenvalue weighted by Gasteiger charge is -2.37. The van der Waals surface area contributed by atoms with E-state index in [-0.39, 0.29) is 18.0 Å². The molecule has 0 aliphatic carbocycles. The molecule has 3 aromatic rings. The molecule has 0 spiro atoms. The molecule has 0 fully saturated rings. The van der Waals surface area contributed by atoms with Gasteiger partial charge in [-0.05, 0) is 42.0 Å². The topological polar surface area (TPSA) is 74.6 Å². The smallest absolute Gasteiger partial charge is 0.258 e. The first-order chi connectivity index (χ1) is 13.1. The molecule has 1 atom stereocenters. The summed E-state index contributed by atoms with van der Waals surface area (Å²) in [6.07, 6.45) is 1.26. The predicted molar refractivity (Wildman–Crippen MR) is 102 cm³/mol. The van der Waals surface area contributed by atoms with E-state index in [9.17, 15) is 9.59 Å². The van der Waals surface area contributed by atoms with Gasteiger partial charge < -0.3 is 20.0 Å². The molecule has 136 valence electrons. The van der Waals surface area contributed by atoms with Crippen molar-refractivity contribution in [3.8, 4) is 0 Å². The number of furan rings is 1. The molecule has 0 saturated carbocycles. The van der Waals surface area contributed by atoms with Gasteiger partial charge in [-0.25, -0.2) is 0 Å². The number of nitrogens with one attached hydrogen (secondary N) is 2. The van der Waals surface area contributed by atoms with Crippen molar-refractivity contribution in [2.24, 2.45) is 0 Å². The fraction of sp³-hybridized carbons (Fsp3) is 0.143. The molecule has 2 N–H and O–H groups in total. The van der Waals surface area contributed by atoms with Gasteiger partial charge in [0, 0.05) is 18.3 Å². The number of benzene rings is 2. The first kappa shape index (κ1) is 16.9. The summed E-state index contributed by atoms with van der Waals surface area (Å²) in [5.74, 6) is 0.531. The second kappa shape index (κ2) is 6.99. The highest BCUT2D eigenvalue weighted by Gasteiger charge is 2.33. The number of hydrogen-bond acceptors (Lipinski definition) is 4. The number of hydrogen-bond donors (Lipinski definition) is 2. The van der Waals surface area contributed by atoms with Crippen molar-refractivity contribution in [3.05, 3.63) is 83.8 Å². The summed E-state index contributed by atoms with van der Waals surface area (Å²) in [7, 11) is 0. The van der Waals surface area contributed by atoms with Crippen LogP contribution in [0.25, 0.3) is 0 Å². The van der Waals surface area contributed by atoms with Gasteiger partial charge in [-0.2, -0.15) is 0 Å². The van der Waals surface area contributed by atoms with E-state index >= 15 is 0 Å². The van der Waals surface area contributed by atoms with Gasteiger partial charge in [-0.3, -0.25) is 9.59 Å². The average molecular weight is 361 g/mol. The standard InChI is InChI=1S/C21H19N3O3/c1-14(25)22-16-10-8-15(9-11-16)20-23-19-7-3-2-6-18(19)21(26)24(20)13-17-5-4-12-27-17/h2-12,20,23H,13H2,1H3,(H,22,25)/t20-/m1/s1. The molecule has 1 aliphatic rings. The van der Waals surface area contributed by atoms with Gasteiger partial charge in [0.05, 0.1) is 18.4 Å². The zero-order chi connectivity index (χ0) is 18.8. The van der Waals surface area contributed by atoms with E-state index in [0.29, 0.717) is 23.6 Å². The van der Waals surface area contributed by atoms with Crippen molar-refractivity contribution < 1.29 is 14.0 Å². The Morgan fingerprint density at radius 2 is 1.89 bits per heavy atom. The molecular weight excluding hydrogens is 342 g/mol. The molecular formula is C21H19N3O3. The van der Waals surface area contributed by atoms with Crippen LogP contribution < -0.4 is 10.6 Å². The number of anilines is 2. The maximum atomic E-state index is 13.1. The van der Waals surface area contributed by atoms with Crippen molar-refractivity contribution in [1.82, 2.24) is 4.90 Å². The van der Waals surface area contributed by atoms with Crippen molar-refractivity contribution in [1.29, 1.82) is 0 Å². The van der Waals surface area contributed by atoms with Crippen LogP contribution in [-0.2, 0) is 11.3 Å². The SMILES string of the molecule is CC(=O)Nc1ccc([C@@H]2Nc3ccccc3C(=O)N2Cc2ccco2)cc1. The van der Waals surface area contributed by atoms with E-state index < -0.39 is 0 Å². The Morgan fingerprint density at radius 1 is 1.11 bits per heavy atom. The zero-order valence-corrected chi connectivity index (χ0v) is 14.8. The minimum absolute atomic E-state index is 0.0586. The number of fused-ring (bicyclic) bond motifs is 1. The molecule has 0 saturated heterocycles. The van der Waals surface area contributed by atoms with Crippen molar-refractivity contribution in [3.63, 3.8) is 0 Å². The summed E-state index contributed by atoms with van der Waals surface area (Å²) in [6.45, 7) is 1.82. The highest BCUT2D eigenvalue weighted by molar-refractivity contribution is 6.01. The first-order valence-electron chi connectivity index (χ1n) is 8.68. The lowest BCUT2D eigenvalue weighted by Crippen LogP contribution is -2.42. The van der Waals surface area contributed by atoms with Gasteiger partial charge in [-0.1, -0.05) is 24.3 Å². The predicted octanol–water partition coefficient (Wildman–Crippen LogP) is 4.00. The van der Waals surface area contributed by atoms with E-state index in [0.717, 1.165) is 11.3 Å². The quantitative estimate of drug-likeness (QED) is 0.736. The van der Waals surface area contributed by atoms with Crippen LogP contribution >= 0.6 is 0 Å². The van der Waals surface area contributed by atoms with Crippen LogP contribution in [0.5, 0.6) is 0 Å². The Hall–Kier alpha value is -3.54. The monoisotopic (exact) mass is 361 g/mol. The molecule has 0 unspecified atom stereocenters. The van der Waals surface area contributed by atoms with E-state index in [4.69, 9.17) is 4.42 Å². The van der Waals surface area contributed by atoms with Crippen LogP contribution in [0.4, 0.5) is 11.4 Å². The summed E-state index contributed by atoms with van der Waals surface area (Å²) in [6, 6.07) is 18.6. The van der Waals surface area contributed by atoms with Crippen molar-refractivity contribution in [2.45, 2.75) is 19.6 Å². The molecule has 2 amide bonds. The molecule has 4 rings (SSSR count). The molecule has 2 aromatic carbocycles. The van der Waals surface area contributed by atoms with E-state index in [1.807, 2.05) is 60.7 Å². The number of carbonyl (C=O) groups is 2. The van der Waals surface area contributed by atoms with Crippen molar-refractivity contribution >= 4 is 23.2 Å². The molecule has 1 aromatic heterocycles. The normalized spacial score (nSPS) is 15.8. The van der Waals surface area contributed by atoms with Gasteiger partial charge in [0.15, 0.2) is 0 Å². The molecule has 1 aliphatic heterocycles. The summed E-state index contributed by atoms with van der Waals surface area (Å²) in [5.41, 5.74) is 3.06. The lowest BCUT2D eigenvalue weighted by molar-refractivity contribution is -0.114. The summed E-state index contributed by atoms with van der Waals surface area (Å²) < 4.78 is 5.45. The van der Waals surface area contributed by atoms with Crippen LogP contribution in [0.15, 0.2) is 71.3 Å². The third-order valence-corrected chi connectivity index (χ3v) is 4.48. The number of para-hydroxylation sites is 1. The van der Waals surface area contributed by atoms with E-state index in [1.165, 1.54) is 6.92 Å². The Kier molecular flexibility index (Phi) is 4.38. The van der Waals surface area contributed by atoms with Crippen LogP contribution in [0.3, 0.4) is 0 Å². The first-order valence-corrected chi connectivity index (χ1v) is 8.68. The summed E-state index contributed by atoms with van der Waals surface area (Å²) in [4.78, 5) is 26.1. The number of rotatable bonds is 4. The third kappa shape index (κ3) is 3.42. The fourth-order valence-corrected chi connectivity index (χ4v) is 3.24. The number of carbonyl (C=O) groups excluding carboxylic acids is 2. The number of nitrogens with zero attached hydrogens (tertiary/aromatic N) is 1. The molecule has 6 heteroatoms. The fourth-order valence-electron chi connectivity index (χ4n) is 3.24. The second-order valence-corrected chi connectivity index (χ2v) is 6.41. The van der Waals surface area contributed by atoms with Gasteiger partial charge >= 0.3 is 0 Å². The van der Waals surface area contributed by atoms with E-state index in [1.54, 1.807) is 11.2 Å². The highest BCUT2D eigenvalue weighted by atomic mass is 16.3. The molecule has 6 nitrogen and oxygen atoms in total. The summed E-state index contributed by atoms with van der Waals surface area (Å²) >= 11 is 0. The van der Waals surface area contributed by atoms with Crippen LogP contribution in [0.2, 0.25) is 0 Å². The maximum Gasteiger partial charge on any atom is 0.258 e. The third-order valence-electron chi connectivity index (χ3n) is 4.48. The Labute approximate surface area is 156 Å². The van der Waals surface area contributed by atoms with Crippen LogP contribution in [0, 0.1) is 0 Å². The second-order valence-electron chi connectivity index (χ2n) is 6.41. The Balaban J connectivity index is 1.69. The Morgan fingerprint density at radius 3 is 2.59 bits per heavy atom. The highest BCUT2D eigenvalue weighted by Crippen LogP contribution is 2.34. The average Bonchev–Trinajstić information content (AvgIpc) is 3.17. The van der Waals surface area contributed by atoms with Gasteiger partial charge in [0.1, 0.15) is 11.9 Å².